The van der Waals surface area contributed by atoms with Gasteiger partial charge in [-0.2, -0.15) is 0 Å². The fourth-order valence-corrected chi connectivity index (χ4v) is 3.12. The zero-order valence-electron chi connectivity index (χ0n) is 14.0. The Balaban J connectivity index is 1.94. The van der Waals surface area contributed by atoms with Crippen LogP contribution in [0, 0.1) is 5.92 Å². The number of carbonyl (C=O) groups excluding carboxylic acids is 1. The molecule has 0 radical (unpaired) electrons. The van der Waals surface area contributed by atoms with E-state index in [4.69, 9.17) is 5.73 Å². The second-order valence-electron chi connectivity index (χ2n) is 6.56. The van der Waals surface area contributed by atoms with Gasteiger partial charge < -0.3 is 10.6 Å². The number of nitrogens with zero attached hydrogens (tertiary/aromatic N) is 2. The van der Waals surface area contributed by atoms with Crippen molar-refractivity contribution < 1.29 is 4.79 Å². The second kappa shape index (κ2) is 7.75. The molecule has 1 aliphatic heterocycles. The molecule has 1 saturated heterocycles. The molecule has 1 fully saturated rings. The van der Waals surface area contributed by atoms with Gasteiger partial charge in [0.25, 0.3) is 0 Å². The Kier molecular flexibility index (Phi) is 5.98. The average Bonchev–Trinajstić information content (AvgIpc) is 2.96. The van der Waals surface area contributed by atoms with Crippen LogP contribution in [0.15, 0.2) is 30.3 Å². The van der Waals surface area contributed by atoms with Crippen LogP contribution in [0.2, 0.25) is 0 Å². The highest BCUT2D eigenvalue weighted by molar-refractivity contribution is 5.82. The highest BCUT2D eigenvalue weighted by Crippen LogP contribution is 2.19. The highest BCUT2D eigenvalue weighted by atomic mass is 16.2. The summed E-state index contributed by atoms with van der Waals surface area (Å²) >= 11 is 0. The van der Waals surface area contributed by atoms with Crippen LogP contribution in [0.4, 0.5) is 0 Å². The molecule has 1 amide bonds. The Bertz CT molecular complexity index is 474. The molecule has 1 heterocycles. The molecule has 0 unspecified atom stereocenters. The number of amides is 1. The molecule has 2 atom stereocenters. The number of hydrogen-bond donors (Lipinski definition) is 1. The van der Waals surface area contributed by atoms with Crippen molar-refractivity contribution in [1.82, 2.24) is 9.80 Å². The van der Waals surface area contributed by atoms with Crippen LogP contribution < -0.4 is 5.73 Å². The van der Waals surface area contributed by atoms with E-state index in [1.165, 1.54) is 5.56 Å². The maximum atomic E-state index is 12.6. The van der Waals surface area contributed by atoms with E-state index >= 15 is 0 Å². The predicted octanol–water partition coefficient (Wildman–Crippen LogP) is 2.09. The third-order valence-corrected chi connectivity index (χ3v) is 4.56. The molecule has 22 heavy (non-hydrogen) atoms. The standard InChI is InChI=1S/C18H29N3O/c1-4-21(18(22)17(19)14(2)3)16-10-11-20(13-16)12-15-8-6-5-7-9-15/h5-9,14,16-17H,4,10-13,19H2,1-3H3/t16-,17+/m1/s1. The molecule has 0 spiro atoms. The zero-order valence-corrected chi connectivity index (χ0v) is 14.0. The number of likely N-dealkylation sites (tertiary alicyclic amines) is 1. The van der Waals surface area contributed by atoms with Crippen molar-refractivity contribution in [1.29, 1.82) is 0 Å². The van der Waals surface area contributed by atoms with Crippen LogP contribution in [0.3, 0.4) is 0 Å². The zero-order chi connectivity index (χ0) is 16.1. The normalized spacial score (nSPS) is 20.3. The third-order valence-electron chi connectivity index (χ3n) is 4.56. The Labute approximate surface area is 134 Å². The lowest BCUT2D eigenvalue weighted by molar-refractivity contribution is -0.135. The number of rotatable bonds is 6. The van der Waals surface area contributed by atoms with Crippen molar-refractivity contribution in [3.8, 4) is 0 Å². The van der Waals surface area contributed by atoms with Crippen molar-refractivity contribution in [3.63, 3.8) is 0 Å². The largest absolute Gasteiger partial charge is 0.337 e. The summed E-state index contributed by atoms with van der Waals surface area (Å²) in [5.41, 5.74) is 7.39. The first-order valence-electron chi connectivity index (χ1n) is 8.35. The summed E-state index contributed by atoms with van der Waals surface area (Å²) in [5.74, 6) is 0.285. The van der Waals surface area contributed by atoms with Crippen molar-refractivity contribution in [2.24, 2.45) is 11.7 Å². The molecule has 4 heteroatoms. The summed E-state index contributed by atoms with van der Waals surface area (Å²) in [7, 11) is 0. The van der Waals surface area contributed by atoms with E-state index in [1.807, 2.05) is 31.7 Å². The van der Waals surface area contributed by atoms with E-state index in [0.29, 0.717) is 6.04 Å². The smallest absolute Gasteiger partial charge is 0.240 e. The number of carbonyl (C=O) groups is 1. The molecule has 0 aliphatic carbocycles. The van der Waals surface area contributed by atoms with E-state index in [-0.39, 0.29) is 17.9 Å². The number of likely N-dealkylation sites (N-methyl/N-ethyl adjacent to an activating group) is 1. The Morgan fingerprint density at radius 3 is 2.64 bits per heavy atom. The van der Waals surface area contributed by atoms with Gasteiger partial charge in [0.05, 0.1) is 6.04 Å². The minimum absolute atomic E-state index is 0.101. The van der Waals surface area contributed by atoms with Crippen LogP contribution in [-0.4, -0.2) is 47.4 Å². The lowest BCUT2D eigenvalue weighted by Gasteiger charge is -2.31. The molecule has 0 aromatic heterocycles. The molecule has 122 valence electrons. The lowest BCUT2D eigenvalue weighted by atomic mass is 10.0. The summed E-state index contributed by atoms with van der Waals surface area (Å²) < 4.78 is 0. The SMILES string of the molecule is CCN(C(=O)[C@@H](N)C(C)C)[C@@H]1CCN(Cc2ccccc2)C1. The predicted molar refractivity (Wildman–Crippen MR) is 90.3 cm³/mol. The van der Waals surface area contributed by atoms with Crippen LogP contribution in [0.5, 0.6) is 0 Å². The monoisotopic (exact) mass is 303 g/mol. The van der Waals surface area contributed by atoms with Gasteiger partial charge in [-0.3, -0.25) is 9.69 Å². The van der Waals surface area contributed by atoms with Gasteiger partial charge in [-0.15, -0.1) is 0 Å². The molecule has 1 aromatic rings. The van der Waals surface area contributed by atoms with Gasteiger partial charge in [0, 0.05) is 32.2 Å². The van der Waals surface area contributed by atoms with E-state index in [2.05, 4.69) is 29.2 Å². The van der Waals surface area contributed by atoms with Crippen LogP contribution in [0.1, 0.15) is 32.8 Å². The van der Waals surface area contributed by atoms with Crippen molar-refractivity contribution >= 4 is 5.91 Å². The van der Waals surface area contributed by atoms with Crippen molar-refractivity contribution in [3.05, 3.63) is 35.9 Å². The fraction of sp³-hybridized carbons (Fsp3) is 0.611. The minimum atomic E-state index is -0.386. The molecular formula is C18H29N3O. The summed E-state index contributed by atoms with van der Waals surface area (Å²) in [6.45, 7) is 9.74. The molecule has 2 N–H and O–H groups in total. The quantitative estimate of drug-likeness (QED) is 0.875. The lowest BCUT2D eigenvalue weighted by Crippen LogP contribution is -2.51. The van der Waals surface area contributed by atoms with Crippen LogP contribution >= 0.6 is 0 Å². The van der Waals surface area contributed by atoms with E-state index in [0.717, 1.165) is 32.6 Å². The fourth-order valence-electron chi connectivity index (χ4n) is 3.12. The first kappa shape index (κ1) is 17.0. The number of benzene rings is 1. The average molecular weight is 303 g/mol. The Morgan fingerprint density at radius 2 is 2.05 bits per heavy atom. The molecule has 1 aliphatic rings. The molecule has 1 aromatic carbocycles. The first-order chi connectivity index (χ1) is 10.5. The van der Waals surface area contributed by atoms with Gasteiger partial charge in [0.15, 0.2) is 0 Å². The van der Waals surface area contributed by atoms with Gasteiger partial charge in [-0.05, 0) is 24.8 Å². The van der Waals surface area contributed by atoms with E-state index in [9.17, 15) is 4.79 Å². The molecule has 0 bridgehead atoms. The van der Waals surface area contributed by atoms with Crippen molar-refractivity contribution in [2.75, 3.05) is 19.6 Å². The number of nitrogens with two attached hydrogens (primary N) is 1. The Morgan fingerprint density at radius 1 is 1.36 bits per heavy atom. The van der Waals surface area contributed by atoms with Crippen LogP contribution in [-0.2, 0) is 11.3 Å². The number of hydrogen-bond acceptors (Lipinski definition) is 3. The summed E-state index contributed by atoms with van der Waals surface area (Å²) in [6, 6.07) is 10.4. The molecule has 0 saturated carbocycles. The van der Waals surface area contributed by atoms with Gasteiger partial charge in [0.2, 0.25) is 5.91 Å². The maximum absolute atomic E-state index is 12.6. The van der Waals surface area contributed by atoms with Gasteiger partial charge in [-0.25, -0.2) is 0 Å². The third kappa shape index (κ3) is 4.08. The molecular weight excluding hydrogens is 274 g/mol. The Hall–Kier alpha value is -1.39. The molecule has 2 rings (SSSR count). The highest BCUT2D eigenvalue weighted by Gasteiger charge is 2.32. The summed E-state index contributed by atoms with van der Waals surface area (Å²) in [6.07, 6.45) is 1.04. The van der Waals surface area contributed by atoms with Gasteiger partial charge >= 0.3 is 0 Å². The molecule has 4 nitrogen and oxygen atoms in total. The second-order valence-corrected chi connectivity index (χ2v) is 6.56. The maximum Gasteiger partial charge on any atom is 0.240 e. The van der Waals surface area contributed by atoms with Crippen molar-refractivity contribution in [2.45, 2.75) is 45.8 Å². The van der Waals surface area contributed by atoms with Crippen LogP contribution in [0.25, 0.3) is 0 Å². The topological polar surface area (TPSA) is 49.6 Å². The summed E-state index contributed by atoms with van der Waals surface area (Å²) in [5, 5.41) is 0. The minimum Gasteiger partial charge on any atom is -0.337 e. The van der Waals surface area contributed by atoms with Gasteiger partial charge in [0.1, 0.15) is 0 Å². The van der Waals surface area contributed by atoms with Gasteiger partial charge in [-0.1, -0.05) is 44.2 Å². The first-order valence-corrected chi connectivity index (χ1v) is 8.35. The summed E-state index contributed by atoms with van der Waals surface area (Å²) in [4.78, 5) is 17.0. The van der Waals surface area contributed by atoms with E-state index in [1.54, 1.807) is 0 Å². The van der Waals surface area contributed by atoms with E-state index < -0.39 is 0 Å².